The lowest BCUT2D eigenvalue weighted by Gasteiger charge is -2.27. The number of benzene rings is 1. The van der Waals surface area contributed by atoms with Crippen molar-refractivity contribution in [3.63, 3.8) is 0 Å². The van der Waals surface area contributed by atoms with Gasteiger partial charge in [-0.25, -0.2) is 0 Å². The van der Waals surface area contributed by atoms with Crippen molar-refractivity contribution in [1.82, 2.24) is 9.88 Å². The summed E-state index contributed by atoms with van der Waals surface area (Å²) in [6, 6.07) is 5.56. The van der Waals surface area contributed by atoms with Crippen LogP contribution in [0, 0.1) is 6.92 Å². The quantitative estimate of drug-likeness (QED) is 0.871. The highest BCUT2D eigenvalue weighted by atomic mass is 35.5. The molecule has 100 valence electrons. The molecule has 1 fully saturated rings. The van der Waals surface area contributed by atoms with Crippen LogP contribution in [0.15, 0.2) is 18.2 Å². The first kappa shape index (κ1) is 12.5. The van der Waals surface area contributed by atoms with Gasteiger partial charge in [-0.3, -0.25) is 4.79 Å². The number of carbonyl (C=O) groups excluding carboxylic acids is 1. The largest absolute Gasteiger partial charge is 0.378 e. The first-order valence-electron chi connectivity index (χ1n) is 6.31. The Balaban J connectivity index is 2.03. The summed E-state index contributed by atoms with van der Waals surface area (Å²) >= 11 is 5.98. The number of morpholine rings is 1. The van der Waals surface area contributed by atoms with E-state index in [0.29, 0.717) is 31.3 Å². The van der Waals surface area contributed by atoms with Crippen molar-refractivity contribution in [3.05, 3.63) is 34.5 Å². The monoisotopic (exact) mass is 278 g/mol. The SMILES string of the molecule is Cc1[nH]c2cc(Cl)ccc2c1C(=O)N1CCOCC1. The number of amides is 1. The number of nitrogens with one attached hydrogen (secondary N) is 1. The number of nitrogens with zero attached hydrogens (tertiary/aromatic N) is 1. The molecule has 1 N–H and O–H groups in total. The molecule has 0 atom stereocenters. The minimum atomic E-state index is 0.0642. The van der Waals surface area contributed by atoms with Crippen LogP contribution < -0.4 is 0 Å². The Hall–Kier alpha value is -1.52. The zero-order valence-electron chi connectivity index (χ0n) is 10.7. The zero-order chi connectivity index (χ0) is 13.4. The highest BCUT2D eigenvalue weighted by molar-refractivity contribution is 6.31. The molecule has 0 aliphatic carbocycles. The summed E-state index contributed by atoms with van der Waals surface area (Å²) in [7, 11) is 0. The molecular weight excluding hydrogens is 264 g/mol. The predicted molar refractivity (Wildman–Crippen MR) is 74.8 cm³/mol. The second-order valence-electron chi connectivity index (χ2n) is 4.72. The Bertz CT molecular complexity index is 630. The van der Waals surface area contributed by atoms with E-state index in [9.17, 15) is 4.79 Å². The molecule has 1 aliphatic rings. The number of aromatic nitrogens is 1. The fourth-order valence-corrected chi connectivity index (χ4v) is 2.68. The van der Waals surface area contributed by atoms with Crippen LogP contribution >= 0.6 is 11.6 Å². The number of rotatable bonds is 1. The fourth-order valence-electron chi connectivity index (χ4n) is 2.50. The molecule has 1 aliphatic heterocycles. The molecule has 3 rings (SSSR count). The molecule has 0 unspecified atom stereocenters. The van der Waals surface area contributed by atoms with Gasteiger partial charge in [0.2, 0.25) is 0 Å². The standard InChI is InChI=1S/C14H15ClN2O2/c1-9-13(14(18)17-4-6-19-7-5-17)11-3-2-10(15)8-12(11)16-9/h2-3,8,16H,4-7H2,1H3. The first-order valence-corrected chi connectivity index (χ1v) is 6.69. The number of H-pyrrole nitrogens is 1. The third-order valence-corrected chi connectivity index (χ3v) is 3.70. The summed E-state index contributed by atoms with van der Waals surface area (Å²) in [4.78, 5) is 17.7. The van der Waals surface area contributed by atoms with E-state index in [4.69, 9.17) is 16.3 Å². The van der Waals surface area contributed by atoms with Crippen LogP contribution in [-0.2, 0) is 4.74 Å². The van der Waals surface area contributed by atoms with Gasteiger partial charge in [0.1, 0.15) is 0 Å². The Labute approximate surface area is 116 Å². The molecule has 5 heteroatoms. The topological polar surface area (TPSA) is 45.3 Å². The smallest absolute Gasteiger partial charge is 0.256 e. The van der Waals surface area contributed by atoms with Crippen molar-refractivity contribution in [2.45, 2.75) is 6.92 Å². The lowest BCUT2D eigenvalue weighted by atomic mass is 10.1. The number of fused-ring (bicyclic) bond motifs is 1. The summed E-state index contributed by atoms with van der Waals surface area (Å²) in [5.74, 6) is 0.0642. The van der Waals surface area contributed by atoms with Gasteiger partial charge in [0.05, 0.1) is 18.8 Å². The molecule has 2 aromatic rings. The average molecular weight is 279 g/mol. The molecule has 1 amide bonds. The van der Waals surface area contributed by atoms with Gasteiger partial charge < -0.3 is 14.6 Å². The second kappa shape index (κ2) is 4.87. The molecule has 4 nitrogen and oxygen atoms in total. The van der Waals surface area contributed by atoms with E-state index in [2.05, 4.69) is 4.98 Å². The zero-order valence-corrected chi connectivity index (χ0v) is 11.5. The van der Waals surface area contributed by atoms with Crippen LogP contribution in [0.4, 0.5) is 0 Å². The van der Waals surface area contributed by atoms with Gasteiger partial charge in [-0.15, -0.1) is 0 Å². The van der Waals surface area contributed by atoms with E-state index < -0.39 is 0 Å². The van der Waals surface area contributed by atoms with Crippen LogP contribution in [-0.4, -0.2) is 42.1 Å². The van der Waals surface area contributed by atoms with Crippen LogP contribution in [0.1, 0.15) is 16.1 Å². The fraction of sp³-hybridized carbons (Fsp3) is 0.357. The predicted octanol–water partition coefficient (Wildman–Crippen LogP) is 2.60. The maximum atomic E-state index is 12.6. The van der Waals surface area contributed by atoms with Gasteiger partial charge in [-0.1, -0.05) is 17.7 Å². The van der Waals surface area contributed by atoms with Gasteiger partial charge >= 0.3 is 0 Å². The van der Waals surface area contributed by atoms with E-state index in [-0.39, 0.29) is 5.91 Å². The van der Waals surface area contributed by atoms with E-state index in [1.54, 1.807) is 0 Å². The lowest BCUT2D eigenvalue weighted by molar-refractivity contribution is 0.0303. The molecule has 0 bridgehead atoms. The summed E-state index contributed by atoms with van der Waals surface area (Å²) in [6.07, 6.45) is 0. The van der Waals surface area contributed by atoms with Gasteiger partial charge in [0, 0.05) is 34.7 Å². The summed E-state index contributed by atoms with van der Waals surface area (Å²) in [5, 5.41) is 1.59. The summed E-state index contributed by atoms with van der Waals surface area (Å²) < 4.78 is 5.28. The van der Waals surface area contributed by atoms with E-state index in [1.165, 1.54) is 0 Å². The summed E-state index contributed by atoms with van der Waals surface area (Å²) in [5.41, 5.74) is 2.53. The Kier molecular flexibility index (Phi) is 3.21. The molecule has 0 radical (unpaired) electrons. The normalized spacial score (nSPS) is 16.0. The van der Waals surface area contributed by atoms with E-state index in [0.717, 1.165) is 22.2 Å². The highest BCUT2D eigenvalue weighted by Crippen LogP contribution is 2.26. The van der Waals surface area contributed by atoms with Crippen LogP contribution in [0.3, 0.4) is 0 Å². The number of hydrogen-bond acceptors (Lipinski definition) is 2. The van der Waals surface area contributed by atoms with Crippen LogP contribution in [0.5, 0.6) is 0 Å². The molecule has 1 aromatic heterocycles. The minimum Gasteiger partial charge on any atom is -0.378 e. The number of carbonyl (C=O) groups is 1. The second-order valence-corrected chi connectivity index (χ2v) is 5.16. The first-order chi connectivity index (χ1) is 9.16. The Morgan fingerprint density at radius 1 is 1.37 bits per heavy atom. The molecule has 2 heterocycles. The number of ether oxygens (including phenoxy) is 1. The van der Waals surface area contributed by atoms with Crippen molar-refractivity contribution >= 4 is 28.4 Å². The van der Waals surface area contributed by atoms with Crippen LogP contribution in [0.25, 0.3) is 10.9 Å². The average Bonchev–Trinajstić information content (AvgIpc) is 2.74. The highest BCUT2D eigenvalue weighted by Gasteiger charge is 2.23. The van der Waals surface area contributed by atoms with Gasteiger partial charge in [-0.2, -0.15) is 0 Å². The van der Waals surface area contributed by atoms with Gasteiger partial charge in [0.25, 0.3) is 5.91 Å². The van der Waals surface area contributed by atoms with E-state index in [1.807, 2.05) is 30.0 Å². The maximum Gasteiger partial charge on any atom is 0.256 e. The van der Waals surface area contributed by atoms with Crippen molar-refractivity contribution < 1.29 is 9.53 Å². The lowest BCUT2D eigenvalue weighted by Crippen LogP contribution is -2.40. The third-order valence-electron chi connectivity index (χ3n) is 3.46. The Morgan fingerprint density at radius 2 is 2.11 bits per heavy atom. The van der Waals surface area contributed by atoms with Crippen molar-refractivity contribution in [2.75, 3.05) is 26.3 Å². The van der Waals surface area contributed by atoms with E-state index >= 15 is 0 Å². The molecule has 19 heavy (non-hydrogen) atoms. The van der Waals surface area contributed by atoms with Crippen molar-refractivity contribution in [1.29, 1.82) is 0 Å². The number of halogens is 1. The number of aryl methyl sites for hydroxylation is 1. The molecular formula is C14H15ClN2O2. The Morgan fingerprint density at radius 3 is 2.84 bits per heavy atom. The molecule has 1 aromatic carbocycles. The minimum absolute atomic E-state index is 0.0642. The number of hydrogen-bond donors (Lipinski definition) is 1. The van der Waals surface area contributed by atoms with Gasteiger partial charge in [-0.05, 0) is 19.1 Å². The molecule has 1 saturated heterocycles. The third kappa shape index (κ3) is 2.22. The number of aromatic amines is 1. The molecule has 0 spiro atoms. The summed E-state index contributed by atoms with van der Waals surface area (Å²) in [6.45, 7) is 4.44. The molecule has 0 saturated carbocycles. The van der Waals surface area contributed by atoms with Gasteiger partial charge in [0.15, 0.2) is 0 Å². The van der Waals surface area contributed by atoms with Crippen molar-refractivity contribution in [3.8, 4) is 0 Å². The van der Waals surface area contributed by atoms with Crippen molar-refractivity contribution in [2.24, 2.45) is 0 Å². The maximum absolute atomic E-state index is 12.6. The van der Waals surface area contributed by atoms with Crippen LogP contribution in [0.2, 0.25) is 5.02 Å².